The number of carbonyl (C=O) groups excluding carboxylic acids is 2. The number of benzene rings is 2. The van der Waals surface area contributed by atoms with E-state index in [0.717, 1.165) is 23.1 Å². The minimum Gasteiger partial charge on any atom is -0.452 e. The van der Waals surface area contributed by atoms with Gasteiger partial charge in [-0.3, -0.25) is 14.9 Å². The van der Waals surface area contributed by atoms with Gasteiger partial charge in [0.05, 0.1) is 10.6 Å². The quantitative estimate of drug-likeness (QED) is 0.415. The maximum Gasteiger partial charge on any atom is 0.345 e. The molecule has 0 N–H and O–H groups in total. The Morgan fingerprint density at radius 3 is 2.82 bits per heavy atom. The Kier molecular flexibility index (Phi) is 6.21. The first kappa shape index (κ1) is 20.2. The number of nitro groups is 1. The van der Waals surface area contributed by atoms with Crippen LogP contribution in [0.25, 0.3) is 0 Å². The topological polar surface area (TPSA) is 89.8 Å². The number of amides is 1. The molecule has 2 aromatic carbocycles. The average Bonchev–Trinajstić information content (AvgIpc) is 2.83. The summed E-state index contributed by atoms with van der Waals surface area (Å²) >= 11 is 7.44. The number of rotatable bonds is 4. The number of hydrogen-bond donors (Lipinski definition) is 0. The maximum atomic E-state index is 12.7. The highest BCUT2D eigenvalue weighted by Crippen LogP contribution is 2.37. The SMILES string of the molecule is CC1CCN(C(=O)COC(=O)c2ccc(Cl)cc2[N+](=O)[O-])c2ccccc2S1. The minimum absolute atomic E-state index is 0.132. The molecule has 1 aliphatic heterocycles. The summed E-state index contributed by atoms with van der Waals surface area (Å²) in [6.07, 6.45) is 0.793. The molecule has 9 heteroatoms. The molecule has 146 valence electrons. The molecule has 0 spiro atoms. The van der Waals surface area contributed by atoms with Crippen molar-refractivity contribution in [1.82, 2.24) is 0 Å². The van der Waals surface area contributed by atoms with Crippen molar-refractivity contribution in [2.24, 2.45) is 0 Å². The Morgan fingerprint density at radius 1 is 1.32 bits per heavy atom. The van der Waals surface area contributed by atoms with E-state index in [9.17, 15) is 19.7 Å². The molecule has 1 amide bonds. The Bertz CT molecular complexity index is 936. The average molecular weight is 421 g/mol. The van der Waals surface area contributed by atoms with E-state index < -0.39 is 23.2 Å². The second-order valence-electron chi connectivity index (χ2n) is 6.22. The monoisotopic (exact) mass is 420 g/mol. The molecule has 1 unspecified atom stereocenters. The second kappa shape index (κ2) is 8.62. The first-order valence-corrected chi connectivity index (χ1v) is 9.79. The lowest BCUT2D eigenvalue weighted by Crippen LogP contribution is -2.35. The zero-order chi connectivity index (χ0) is 20.3. The van der Waals surface area contributed by atoms with Gasteiger partial charge in [0.2, 0.25) is 0 Å². The molecule has 0 radical (unpaired) electrons. The van der Waals surface area contributed by atoms with Crippen LogP contribution in [-0.2, 0) is 9.53 Å². The van der Waals surface area contributed by atoms with Gasteiger partial charge in [-0.25, -0.2) is 4.79 Å². The molecule has 1 heterocycles. The standard InChI is InChI=1S/C19H17ClN2O5S/c1-12-8-9-21(15-4-2-3-5-17(15)28-12)18(23)11-27-19(24)14-7-6-13(20)10-16(14)22(25)26/h2-7,10,12H,8-9,11H2,1H3. The van der Waals surface area contributed by atoms with E-state index in [1.54, 1.807) is 16.7 Å². The van der Waals surface area contributed by atoms with Gasteiger partial charge in [0.1, 0.15) is 5.56 Å². The Balaban J connectivity index is 1.74. The van der Waals surface area contributed by atoms with Crippen LogP contribution in [-0.4, -0.2) is 35.2 Å². The van der Waals surface area contributed by atoms with E-state index in [4.69, 9.17) is 16.3 Å². The fourth-order valence-corrected chi connectivity index (χ4v) is 4.14. The number of para-hydroxylation sites is 1. The molecule has 0 saturated heterocycles. The summed E-state index contributed by atoms with van der Waals surface area (Å²) in [6.45, 7) is 2.09. The van der Waals surface area contributed by atoms with Crippen LogP contribution in [0.1, 0.15) is 23.7 Å². The summed E-state index contributed by atoms with van der Waals surface area (Å²) in [5, 5.41) is 11.6. The largest absolute Gasteiger partial charge is 0.452 e. The lowest BCUT2D eigenvalue weighted by atomic mass is 10.2. The number of esters is 1. The van der Waals surface area contributed by atoms with Crippen LogP contribution in [0.2, 0.25) is 5.02 Å². The van der Waals surface area contributed by atoms with Crippen molar-refractivity contribution < 1.29 is 19.2 Å². The van der Waals surface area contributed by atoms with Crippen molar-refractivity contribution in [2.75, 3.05) is 18.1 Å². The zero-order valence-corrected chi connectivity index (χ0v) is 16.5. The molecule has 1 aliphatic rings. The number of thioether (sulfide) groups is 1. The third-order valence-electron chi connectivity index (χ3n) is 4.25. The van der Waals surface area contributed by atoms with Crippen molar-refractivity contribution in [3.8, 4) is 0 Å². The maximum absolute atomic E-state index is 12.7. The highest BCUT2D eigenvalue weighted by Gasteiger charge is 2.27. The predicted molar refractivity (Wildman–Crippen MR) is 107 cm³/mol. The van der Waals surface area contributed by atoms with Crippen LogP contribution in [0.3, 0.4) is 0 Å². The lowest BCUT2D eigenvalue weighted by Gasteiger charge is -2.22. The normalized spacial score (nSPS) is 16.1. The van der Waals surface area contributed by atoms with Crippen molar-refractivity contribution in [2.45, 2.75) is 23.5 Å². The van der Waals surface area contributed by atoms with E-state index in [0.29, 0.717) is 11.8 Å². The molecule has 2 aromatic rings. The van der Waals surface area contributed by atoms with Gasteiger partial charge in [-0.2, -0.15) is 0 Å². The van der Waals surface area contributed by atoms with E-state index in [2.05, 4.69) is 6.92 Å². The van der Waals surface area contributed by atoms with Crippen LogP contribution < -0.4 is 4.90 Å². The number of nitro benzene ring substituents is 1. The number of fused-ring (bicyclic) bond motifs is 1. The van der Waals surface area contributed by atoms with Crippen molar-refractivity contribution in [3.63, 3.8) is 0 Å². The Hall–Kier alpha value is -2.58. The van der Waals surface area contributed by atoms with Crippen LogP contribution in [0.4, 0.5) is 11.4 Å². The Morgan fingerprint density at radius 2 is 2.07 bits per heavy atom. The number of anilines is 1. The molecule has 28 heavy (non-hydrogen) atoms. The first-order chi connectivity index (χ1) is 13.4. The van der Waals surface area contributed by atoms with Crippen LogP contribution in [0, 0.1) is 10.1 Å². The van der Waals surface area contributed by atoms with Crippen molar-refractivity contribution >= 4 is 46.6 Å². The van der Waals surface area contributed by atoms with Gasteiger partial charge in [0.25, 0.3) is 11.6 Å². The number of hydrogen-bond acceptors (Lipinski definition) is 6. The predicted octanol–water partition coefficient (Wildman–Crippen LogP) is 4.32. The van der Waals surface area contributed by atoms with Gasteiger partial charge < -0.3 is 9.64 Å². The number of halogens is 1. The summed E-state index contributed by atoms with van der Waals surface area (Å²) < 4.78 is 5.07. The summed E-state index contributed by atoms with van der Waals surface area (Å²) in [5.74, 6) is -1.32. The van der Waals surface area contributed by atoms with Gasteiger partial charge >= 0.3 is 5.97 Å². The summed E-state index contributed by atoms with van der Waals surface area (Å²) in [5.41, 5.74) is 0.0632. The minimum atomic E-state index is -0.942. The lowest BCUT2D eigenvalue weighted by molar-refractivity contribution is -0.385. The molecule has 0 bridgehead atoms. The number of nitrogens with zero attached hydrogens (tertiary/aromatic N) is 2. The van der Waals surface area contributed by atoms with Gasteiger partial charge in [0.15, 0.2) is 6.61 Å². The second-order valence-corrected chi connectivity index (χ2v) is 8.14. The van der Waals surface area contributed by atoms with Crippen molar-refractivity contribution in [1.29, 1.82) is 0 Å². The van der Waals surface area contributed by atoms with Gasteiger partial charge in [-0.1, -0.05) is 30.7 Å². The Labute approximate surface area is 170 Å². The molecule has 3 rings (SSSR count). The molecule has 0 fully saturated rings. The van der Waals surface area contributed by atoms with Crippen LogP contribution in [0.15, 0.2) is 47.4 Å². The highest BCUT2D eigenvalue weighted by molar-refractivity contribution is 8.00. The molecular formula is C19H17ClN2O5S. The molecule has 0 saturated carbocycles. The summed E-state index contributed by atoms with van der Waals surface area (Å²) in [7, 11) is 0. The van der Waals surface area contributed by atoms with E-state index in [1.165, 1.54) is 12.1 Å². The van der Waals surface area contributed by atoms with E-state index in [1.807, 2.05) is 24.3 Å². The zero-order valence-electron chi connectivity index (χ0n) is 15.0. The summed E-state index contributed by atoms with van der Waals surface area (Å²) in [6, 6.07) is 11.2. The first-order valence-electron chi connectivity index (χ1n) is 8.54. The van der Waals surface area contributed by atoms with E-state index >= 15 is 0 Å². The fourth-order valence-electron chi connectivity index (χ4n) is 2.86. The fraction of sp³-hybridized carbons (Fsp3) is 0.263. The molecule has 0 aromatic heterocycles. The number of ether oxygens (including phenoxy) is 1. The molecule has 1 atom stereocenters. The molecule has 0 aliphatic carbocycles. The summed E-state index contributed by atoms with van der Waals surface area (Å²) in [4.78, 5) is 38.0. The highest BCUT2D eigenvalue weighted by atomic mass is 35.5. The van der Waals surface area contributed by atoms with E-state index in [-0.39, 0.29) is 16.5 Å². The number of carbonyl (C=O) groups is 2. The van der Waals surface area contributed by atoms with Crippen LogP contribution in [0.5, 0.6) is 0 Å². The third-order valence-corrected chi connectivity index (χ3v) is 5.72. The smallest absolute Gasteiger partial charge is 0.345 e. The van der Waals surface area contributed by atoms with Gasteiger partial charge in [0, 0.05) is 27.8 Å². The van der Waals surface area contributed by atoms with Gasteiger partial charge in [-0.15, -0.1) is 11.8 Å². The molecule has 7 nitrogen and oxygen atoms in total. The van der Waals surface area contributed by atoms with Crippen molar-refractivity contribution in [3.05, 3.63) is 63.2 Å². The van der Waals surface area contributed by atoms with Crippen LogP contribution >= 0.6 is 23.4 Å². The molecular weight excluding hydrogens is 404 g/mol. The van der Waals surface area contributed by atoms with Gasteiger partial charge in [-0.05, 0) is 30.7 Å². The third kappa shape index (κ3) is 4.45.